The van der Waals surface area contributed by atoms with Crippen LogP contribution >= 0.6 is 0 Å². The Morgan fingerprint density at radius 3 is 2.77 bits per heavy atom. The van der Waals surface area contributed by atoms with Crippen LogP contribution in [0.3, 0.4) is 0 Å². The molecular formula is C8H11FO4. The third kappa shape index (κ3) is 1.32. The van der Waals surface area contributed by atoms with Gasteiger partial charge in [-0.1, -0.05) is 0 Å². The zero-order valence-electron chi connectivity index (χ0n) is 7.45. The molecule has 2 aliphatic rings. The van der Waals surface area contributed by atoms with Crippen molar-refractivity contribution in [3.8, 4) is 0 Å². The third-order valence-corrected chi connectivity index (χ3v) is 2.15. The number of halogens is 1. The molecule has 13 heavy (non-hydrogen) atoms. The molecule has 0 aromatic carbocycles. The van der Waals surface area contributed by atoms with Crippen molar-refractivity contribution >= 4 is 5.97 Å². The van der Waals surface area contributed by atoms with E-state index in [4.69, 9.17) is 14.2 Å². The first-order valence-electron chi connectivity index (χ1n) is 4.15. The topological polar surface area (TPSA) is 44.8 Å². The molecule has 2 aliphatic heterocycles. The van der Waals surface area contributed by atoms with E-state index in [2.05, 4.69) is 0 Å². The molecule has 74 valence electrons. The molecule has 0 radical (unpaired) electrons. The number of hydrogen-bond donors (Lipinski definition) is 0. The maximum atomic E-state index is 12.3. The van der Waals surface area contributed by atoms with Gasteiger partial charge in [-0.05, 0) is 13.8 Å². The van der Waals surface area contributed by atoms with Crippen LogP contribution in [0.5, 0.6) is 0 Å². The number of hydrogen-bond acceptors (Lipinski definition) is 4. The van der Waals surface area contributed by atoms with E-state index in [-0.39, 0.29) is 0 Å². The van der Waals surface area contributed by atoms with Crippen molar-refractivity contribution < 1.29 is 23.4 Å². The van der Waals surface area contributed by atoms with Gasteiger partial charge in [0, 0.05) is 0 Å². The zero-order chi connectivity index (χ0) is 9.64. The largest absolute Gasteiger partial charge is 0.455 e. The summed E-state index contributed by atoms with van der Waals surface area (Å²) in [5.41, 5.74) is 0. The first-order chi connectivity index (χ1) is 6.03. The number of fused-ring (bicyclic) bond motifs is 1. The molecule has 2 rings (SSSR count). The van der Waals surface area contributed by atoms with Crippen LogP contribution in [0, 0.1) is 0 Å². The number of carbonyl (C=O) groups is 1. The fourth-order valence-electron chi connectivity index (χ4n) is 1.65. The van der Waals surface area contributed by atoms with E-state index < -0.39 is 36.7 Å². The van der Waals surface area contributed by atoms with E-state index in [0.29, 0.717) is 0 Å². The lowest BCUT2D eigenvalue weighted by Crippen LogP contribution is -2.30. The van der Waals surface area contributed by atoms with Crippen LogP contribution in [0.4, 0.5) is 4.39 Å². The van der Waals surface area contributed by atoms with E-state index in [1.165, 1.54) is 0 Å². The van der Waals surface area contributed by atoms with Crippen molar-refractivity contribution in [3.05, 3.63) is 0 Å². The Morgan fingerprint density at radius 2 is 2.15 bits per heavy atom. The number of ether oxygens (including phenoxy) is 3. The van der Waals surface area contributed by atoms with E-state index in [1.54, 1.807) is 13.8 Å². The maximum Gasteiger partial charge on any atom is 0.338 e. The lowest BCUT2D eigenvalue weighted by atomic mass is 10.2. The second-order valence-electron chi connectivity index (χ2n) is 3.65. The molecule has 0 aromatic heterocycles. The minimum absolute atomic E-state index is 0.529. The third-order valence-electron chi connectivity index (χ3n) is 2.15. The molecule has 0 amide bonds. The zero-order valence-corrected chi connectivity index (χ0v) is 7.45. The molecule has 0 spiro atoms. The normalized spacial score (nSPS) is 41.8. The van der Waals surface area contributed by atoms with Crippen LogP contribution in [0.2, 0.25) is 0 Å². The number of rotatable bonds is 1. The Bertz CT molecular complexity index is 240. The summed E-state index contributed by atoms with van der Waals surface area (Å²) in [6.45, 7) is 2.65. The molecule has 0 aliphatic carbocycles. The molecule has 2 fully saturated rings. The monoisotopic (exact) mass is 190 g/mol. The lowest BCUT2D eigenvalue weighted by Gasteiger charge is -2.19. The molecular weight excluding hydrogens is 179 g/mol. The van der Waals surface area contributed by atoms with Crippen LogP contribution < -0.4 is 0 Å². The molecule has 4 nitrogen and oxygen atoms in total. The predicted molar refractivity (Wildman–Crippen MR) is 39.7 cm³/mol. The van der Waals surface area contributed by atoms with Crippen molar-refractivity contribution in [3.63, 3.8) is 0 Å². The second-order valence-corrected chi connectivity index (χ2v) is 3.65. The minimum atomic E-state index is -0.817. The van der Waals surface area contributed by atoms with Crippen LogP contribution in [0.25, 0.3) is 0 Å². The second kappa shape index (κ2) is 2.65. The van der Waals surface area contributed by atoms with E-state index >= 15 is 0 Å². The molecule has 5 heteroatoms. The smallest absolute Gasteiger partial charge is 0.338 e. The van der Waals surface area contributed by atoms with E-state index in [1.807, 2.05) is 0 Å². The molecule has 0 unspecified atom stereocenters. The lowest BCUT2D eigenvalue weighted by molar-refractivity contribution is -0.187. The highest BCUT2D eigenvalue weighted by atomic mass is 19.1. The predicted octanol–water partition coefficient (Wildman–Crippen LogP) is 0.401. The summed E-state index contributed by atoms with van der Waals surface area (Å²) in [6.07, 6.45) is -2.15. The number of esters is 1. The van der Waals surface area contributed by atoms with E-state index in [9.17, 15) is 9.18 Å². The van der Waals surface area contributed by atoms with Gasteiger partial charge in [-0.15, -0.1) is 0 Å². The quantitative estimate of drug-likeness (QED) is 0.561. The van der Waals surface area contributed by atoms with Crippen molar-refractivity contribution in [1.29, 1.82) is 0 Å². The maximum absolute atomic E-state index is 12.3. The molecule has 0 saturated carbocycles. The highest BCUT2D eigenvalue weighted by molar-refractivity contribution is 5.78. The van der Waals surface area contributed by atoms with Crippen molar-refractivity contribution in [2.24, 2.45) is 0 Å². The van der Waals surface area contributed by atoms with Gasteiger partial charge in [0.2, 0.25) is 0 Å². The van der Waals surface area contributed by atoms with Crippen LogP contribution in [0.1, 0.15) is 13.8 Å². The Kier molecular flexibility index (Phi) is 1.82. The van der Waals surface area contributed by atoms with Crippen molar-refractivity contribution in [1.82, 2.24) is 0 Å². The van der Waals surface area contributed by atoms with Crippen molar-refractivity contribution in [2.75, 3.05) is 6.67 Å². The summed E-state index contributed by atoms with van der Waals surface area (Å²) in [6, 6.07) is 0. The highest BCUT2D eigenvalue weighted by Gasteiger charge is 2.55. The van der Waals surface area contributed by atoms with Gasteiger partial charge in [0.05, 0.1) is 0 Å². The Hall–Kier alpha value is -0.680. The van der Waals surface area contributed by atoms with Gasteiger partial charge < -0.3 is 14.2 Å². The fraction of sp³-hybridized carbons (Fsp3) is 0.875. The van der Waals surface area contributed by atoms with Crippen molar-refractivity contribution in [2.45, 2.75) is 37.9 Å². The summed E-state index contributed by atoms with van der Waals surface area (Å²) in [5, 5.41) is 0. The molecule has 2 saturated heterocycles. The fourth-order valence-corrected chi connectivity index (χ4v) is 1.65. The minimum Gasteiger partial charge on any atom is -0.455 e. The standard InChI is InChI=1S/C8H11FO4/c1-8(2)12-5-4(3-9)11-7(10)6(5)13-8/h4-6H,3H2,1-2H3/t4-,5-,6-/m1/s1. The first-order valence-corrected chi connectivity index (χ1v) is 4.15. The van der Waals surface area contributed by atoms with E-state index in [0.717, 1.165) is 0 Å². The SMILES string of the molecule is CC1(C)O[C@@H]2[C@@H](CF)OC(=O)[C@@H]2O1. The number of cyclic esters (lactones) is 1. The van der Waals surface area contributed by atoms with Gasteiger partial charge >= 0.3 is 5.97 Å². The average Bonchev–Trinajstić information content (AvgIpc) is 2.47. The van der Waals surface area contributed by atoms with Gasteiger partial charge in [0.1, 0.15) is 12.8 Å². The van der Waals surface area contributed by atoms with Crippen LogP contribution in [-0.4, -0.2) is 36.7 Å². The summed E-state index contributed by atoms with van der Waals surface area (Å²) in [4.78, 5) is 11.1. The summed E-state index contributed by atoms with van der Waals surface area (Å²) in [5.74, 6) is -1.35. The Balaban J connectivity index is 2.17. The van der Waals surface area contributed by atoms with Gasteiger partial charge in [0.25, 0.3) is 0 Å². The summed E-state index contributed by atoms with van der Waals surface area (Å²) < 4.78 is 27.6. The molecule has 2 heterocycles. The van der Waals surface area contributed by atoms with Gasteiger partial charge in [-0.2, -0.15) is 0 Å². The molecule has 0 N–H and O–H groups in total. The Labute approximate surface area is 74.9 Å². The van der Waals surface area contributed by atoms with Gasteiger partial charge in [-0.25, -0.2) is 9.18 Å². The van der Waals surface area contributed by atoms with Crippen LogP contribution in [0.15, 0.2) is 0 Å². The number of alkyl halides is 1. The molecule has 3 atom stereocenters. The highest BCUT2D eigenvalue weighted by Crippen LogP contribution is 2.35. The first kappa shape index (κ1) is 8.90. The average molecular weight is 190 g/mol. The molecule has 0 aromatic rings. The number of carbonyl (C=O) groups excluding carboxylic acids is 1. The van der Waals surface area contributed by atoms with Crippen LogP contribution in [-0.2, 0) is 19.0 Å². The van der Waals surface area contributed by atoms with Gasteiger partial charge in [0.15, 0.2) is 18.0 Å². The molecule has 0 bridgehead atoms. The summed E-state index contributed by atoms with van der Waals surface area (Å²) in [7, 11) is 0. The van der Waals surface area contributed by atoms with Gasteiger partial charge in [-0.3, -0.25) is 0 Å². The Morgan fingerprint density at radius 1 is 1.46 bits per heavy atom. The summed E-state index contributed by atoms with van der Waals surface area (Å²) >= 11 is 0.